The summed E-state index contributed by atoms with van der Waals surface area (Å²) >= 11 is 7.57. The molecule has 0 radical (unpaired) electrons. The zero-order valence-corrected chi connectivity index (χ0v) is 11.9. The normalized spacial score (nSPS) is 14.6. The fraction of sp³-hybridized carbons (Fsp3) is 0.385. The molecule has 1 aliphatic carbocycles. The molecule has 0 spiro atoms. The molecule has 0 saturated heterocycles. The van der Waals surface area contributed by atoms with Crippen molar-refractivity contribution in [3.8, 4) is 5.75 Å². The fourth-order valence-electron chi connectivity index (χ4n) is 1.79. The predicted molar refractivity (Wildman–Crippen MR) is 76.0 cm³/mol. The van der Waals surface area contributed by atoms with Crippen molar-refractivity contribution in [1.82, 2.24) is 14.8 Å². The van der Waals surface area contributed by atoms with Crippen LogP contribution in [0.2, 0.25) is 5.02 Å². The molecule has 1 aromatic heterocycles. The van der Waals surface area contributed by atoms with E-state index in [0.717, 1.165) is 16.7 Å². The monoisotopic (exact) mass is 295 g/mol. The number of ether oxygens (including phenoxy) is 1. The van der Waals surface area contributed by atoms with Gasteiger partial charge in [-0.15, -0.1) is 10.2 Å². The average molecular weight is 296 g/mol. The first-order valence-electron chi connectivity index (χ1n) is 6.23. The summed E-state index contributed by atoms with van der Waals surface area (Å²) in [4.78, 5) is 0. The van der Waals surface area contributed by atoms with Crippen LogP contribution in [0, 0.1) is 0 Å². The Balaban J connectivity index is 1.46. The summed E-state index contributed by atoms with van der Waals surface area (Å²) in [6.07, 6.45) is 4.30. The van der Waals surface area contributed by atoms with E-state index < -0.39 is 0 Å². The number of halogens is 1. The van der Waals surface area contributed by atoms with Gasteiger partial charge < -0.3 is 9.30 Å². The molecule has 0 aliphatic heterocycles. The van der Waals surface area contributed by atoms with Gasteiger partial charge in [-0.25, -0.2) is 0 Å². The summed E-state index contributed by atoms with van der Waals surface area (Å²) < 4.78 is 7.80. The van der Waals surface area contributed by atoms with Gasteiger partial charge in [0.15, 0.2) is 5.16 Å². The molecule has 1 aliphatic rings. The molecule has 100 valence electrons. The van der Waals surface area contributed by atoms with E-state index in [1.807, 2.05) is 30.6 Å². The second kappa shape index (κ2) is 5.84. The maximum absolute atomic E-state index is 5.89. The fourth-order valence-corrected chi connectivity index (χ4v) is 2.77. The quantitative estimate of drug-likeness (QED) is 0.604. The van der Waals surface area contributed by atoms with E-state index in [-0.39, 0.29) is 0 Å². The molecule has 19 heavy (non-hydrogen) atoms. The first-order valence-corrected chi connectivity index (χ1v) is 7.60. The summed E-state index contributed by atoms with van der Waals surface area (Å²) in [5, 5.41) is 9.78. The molecule has 4 nitrogen and oxygen atoms in total. The number of thioether (sulfide) groups is 1. The van der Waals surface area contributed by atoms with Gasteiger partial charge in [-0.1, -0.05) is 29.4 Å². The van der Waals surface area contributed by atoms with Crippen molar-refractivity contribution < 1.29 is 4.74 Å². The van der Waals surface area contributed by atoms with Crippen molar-refractivity contribution in [3.05, 3.63) is 35.6 Å². The number of hydrogen-bond donors (Lipinski definition) is 0. The molecular formula is C13H14ClN3OS. The molecule has 1 aromatic carbocycles. The second-order valence-corrected chi connectivity index (χ2v) is 5.90. The lowest BCUT2D eigenvalue weighted by atomic mass is 10.3. The lowest BCUT2D eigenvalue weighted by molar-refractivity contribution is 0.344. The highest BCUT2D eigenvalue weighted by Crippen LogP contribution is 2.37. The zero-order valence-electron chi connectivity index (χ0n) is 10.3. The van der Waals surface area contributed by atoms with Crippen LogP contribution < -0.4 is 4.74 Å². The second-order valence-electron chi connectivity index (χ2n) is 4.41. The van der Waals surface area contributed by atoms with E-state index in [4.69, 9.17) is 16.3 Å². The Bertz CT molecular complexity index is 556. The molecule has 0 unspecified atom stereocenters. The maximum Gasteiger partial charge on any atom is 0.191 e. The van der Waals surface area contributed by atoms with Crippen molar-refractivity contribution >= 4 is 23.4 Å². The minimum atomic E-state index is 0.617. The van der Waals surface area contributed by atoms with Crippen molar-refractivity contribution in [2.45, 2.75) is 24.0 Å². The van der Waals surface area contributed by atoms with Crippen LogP contribution in [0.4, 0.5) is 0 Å². The van der Waals surface area contributed by atoms with Crippen LogP contribution in [0.15, 0.2) is 35.7 Å². The molecular weight excluding hydrogens is 282 g/mol. The summed E-state index contributed by atoms with van der Waals surface area (Å²) in [5.41, 5.74) is 0. The van der Waals surface area contributed by atoms with Crippen LogP contribution in [-0.2, 0) is 0 Å². The lowest BCUT2D eigenvalue weighted by Crippen LogP contribution is -2.02. The zero-order chi connectivity index (χ0) is 13.1. The molecule has 2 aromatic rings. The van der Waals surface area contributed by atoms with Gasteiger partial charge in [0.2, 0.25) is 0 Å². The maximum atomic E-state index is 5.89. The molecule has 1 fully saturated rings. The number of rotatable bonds is 6. The largest absolute Gasteiger partial charge is 0.493 e. The Morgan fingerprint density at radius 3 is 3.11 bits per heavy atom. The molecule has 0 amide bonds. The van der Waals surface area contributed by atoms with Gasteiger partial charge in [-0.05, 0) is 31.0 Å². The van der Waals surface area contributed by atoms with Crippen LogP contribution in [-0.4, -0.2) is 27.1 Å². The lowest BCUT2D eigenvalue weighted by Gasteiger charge is -2.06. The van der Waals surface area contributed by atoms with Crippen LogP contribution in [0.25, 0.3) is 0 Å². The molecule has 0 atom stereocenters. The first kappa shape index (κ1) is 12.8. The minimum Gasteiger partial charge on any atom is -0.493 e. The first-order chi connectivity index (χ1) is 9.33. The summed E-state index contributed by atoms with van der Waals surface area (Å²) in [5.74, 6) is 1.65. The Morgan fingerprint density at radius 2 is 2.32 bits per heavy atom. The van der Waals surface area contributed by atoms with Crippen LogP contribution in [0.3, 0.4) is 0 Å². The number of aromatic nitrogens is 3. The molecule has 0 N–H and O–H groups in total. The number of hydrogen-bond acceptors (Lipinski definition) is 4. The van der Waals surface area contributed by atoms with Crippen molar-refractivity contribution in [1.29, 1.82) is 0 Å². The molecule has 3 rings (SSSR count). The van der Waals surface area contributed by atoms with Gasteiger partial charge in [0.1, 0.15) is 12.1 Å². The number of nitrogens with zero attached hydrogens (tertiary/aromatic N) is 3. The van der Waals surface area contributed by atoms with E-state index >= 15 is 0 Å². The molecule has 1 heterocycles. The van der Waals surface area contributed by atoms with Gasteiger partial charge in [-0.3, -0.25) is 0 Å². The van der Waals surface area contributed by atoms with Gasteiger partial charge in [0.25, 0.3) is 0 Å². The molecule has 0 bridgehead atoms. The smallest absolute Gasteiger partial charge is 0.191 e. The third kappa shape index (κ3) is 3.42. The average Bonchev–Trinajstić information content (AvgIpc) is 3.14. The Labute approximate surface area is 121 Å². The summed E-state index contributed by atoms with van der Waals surface area (Å²) in [6, 6.07) is 8.06. The van der Waals surface area contributed by atoms with E-state index in [1.165, 1.54) is 12.8 Å². The van der Waals surface area contributed by atoms with Crippen molar-refractivity contribution in [2.75, 3.05) is 12.4 Å². The Hall–Kier alpha value is -1.20. The van der Waals surface area contributed by atoms with E-state index in [9.17, 15) is 0 Å². The van der Waals surface area contributed by atoms with Crippen molar-refractivity contribution in [2.24, 2.45) is 0 Å². The SMILES string of the molecule is Clc1cccc(OCCSc2nncn2C2CC2)c1. The highest BCUT2D eigenvalue weighted by molar-refractivity contribution is 7.99. The third-order valence-electron chi connectivity index (χ3n) is 2.86. The highest BCUT2D eigenvalue weighted by Gasteiger charge is 2.26. The van der Waals surface area contributed by atoms with E-state index in [1.54, 1.807) is 11.8 Å². The topological polar surface area (TPSA) is 39.9 Å². The minimum absolute atomic E-state index is 0.617. The van der Waals surface area contributed by atoms with Crippen LogP contribution in [0.5, 0.6) is 5.75 Å². The number of benzene rings is 1. The molecule has 6 heteroatoms. The van der Waals surface area contributed by atoms with Crippen LogP contribution >= 0.6 is 23.4 Å². The third-order valence-corrected chi connectivity index (χ3v) is 4.02. The standard InChI is InChI=1S/C13H14ClN3OS/c14-10-2-1-3-12(8-10)18-6-7-19-13-16-15-9-17(13)11-4-5-11/h1-3,8-9,11H,4-7H2. The Morgan fingerprint density at radius 1 is 1.42 bits per heavy atom. The van der Waals surface area contributed by atoms with Gasteiger partial charge >= 0.3 is 0 Å². The summed E-state index contributed by atoms with van der Waals surface area (Å²) in [7, 11) is 0. The van der Waals surface area contributed by atoms with Crippen molar-refractivity contribution in [3.63, 3.8) is 0 Å². The van der Waals surface area contributed by atoms with E-state index in [0.29, 0.717) is 17.7 Å². The van der Waals surface area contributed by atoms with Gasteiger partial charge in [0.05, 0.1) is 6.61 Å². The van der Waals surface area contributed by atoms with Crippen LogP contribution in [0.1, 0.15) is 18.9 Å². The predicted octanol–water partition coefficient (Wildman–Crippen LogP) is 3.44. The summed E-state index contributed by atoms with van der Waals surface area (Å²) in [6.45, 7) is 0.628. The highest BCUT2D eigenvalue weighted by atomic mass is 35.5. The molecule has 1 saturated carbocycles. The Kier molecular flexibility index (Phi) is 3.94. The van der Waals surface area contributed by atoms with Gasteiger partial charge in [-0.2, -0.15) is 0 Å². The van der Waals surface area contributed by atoms with Gasteiger partial charge in [0, 0.05) is 16.8 Å². The van der Waals surface area contributed by atoms with E-state index in [2.05, 4.69) is 14.8 Å².